The number of carbonyl (C=O) groups excluding carboxylic acids is 1. The number of para-hydroxylation sites is 1. The minimum Gasteiger partial charge on any atom is -0.361 e. The third-order valence-electron chi connectivity index (χ3n) is 4.31. The third-order valence-corrected chi connectivity index (χ3v) is 4.31. The maximum Gasteiger partial charge on any atom is 0.228 e. The number of amides is 1. The van der Waals surface area contributed by atoms with Crippen molar-refractivity contribution in [1.82, 2.24) is 4.98 Å². The number of aromatic amines is 1. The third kappa shape index (κ3) is 3.98. The zero-order valence-corrected chi connectivity index (χ0v) is 14.5. The van der Waals surface area contributed by atoms with E-state index in [0.29, 0.717) is 17.8 Å². The van der Waals surface area contributed by atoms with Gasteiger partial charge < -0.3 is 15.6 Å². The van der Waals surface area contributed by atoms with E-state index in [1.54, 1.807) is 12.1 Å². The summed E-state index contributed by atoms with van der Waals surface area (Å²) in [4.78, 5) is 15.5. The number of anilines is 3. The fourth-order valence-electron chi connectivity index (χ4n) is 3.03. The summed E-state index contributed by atoms with van der Waals surface area (Å²) in [5, 5.41) is 7.09. The number of hydrogen-bond acceptors (Lipinski definition) is 2. The minimum absolute atomic E-state index is 0.0782. The largest absolute Gasteiger partial charge is 0.361 e. The molecule has 4 rings (SSSR count). The summed E-state index contributed by atoms with van der Waals surface area (Å²) < 4.78 is 13.2. The molecule has 0 aliphatic rings. The van der Waals surface area contributed by atoms with Crippen molar-refractivity contribution in [3.8, 4) is 0 Å². The van der Waals surface area contributed by atoms with Crippen LogP contribution in [0.1, 0.15) is 5.56 Å². The molecular weight excluding hydrogens is 341 g/mol. The molecule has 4 nitrogen and oxygen atoms in total. The van der Waals surface area contributed by atoms with Crippen LogP contribution >= 0.6 is 0 Å². The van der Waals surface area contributed by atoms with Crippen molar-refractivity contribution in [3.05, 3.63) is 90.4 Å². The highest BCUT2D eigenvalue weighted by molar-refractivity contribution is 5.95. The summed E-state index contributed by atoms with van der Waals surface area (Å²) in [5.41, 5.74) is 4.19. The Kier molecular flexibility index (Phi) is 4.58. The Hall–Kier alpha value is -3.60. The number of hydrogen-bond donors (Lipinski definition) is 3. The van der Waals surface area contributed by atoms with Crippen LogP contribution in [-0.4, -0.2) is 10.9 Å². The van der Waals surface area contributed by atoms with Gasteiger partial charge in [-0.05, 0) is 54.1 Å². The van der Waals surface area contributed by atoms with Crippen LogP contribution in [0.3, 0.4) is 0 Å². The normalized spacial score (nSPS) is 10.7. The van der Waals surface area contributed by atoms with Gasteiger partial charge in [0.05, 0.1) is 6.42 Å². The molecule has 27 heavy (non-hydrogen) atoms. The van der Waals surface area contributed by atoms with Crippen LogP contribution in [0.25, 0.3) is 10.9 Å². The Morgan fingerprint density at radius 1 is 0.889 bits per heavy atom. The monoisotopic (exact) mass is 359 g/mol. The van der Waals surface area contributed by atoms with E-state index in [-0.39, 0.29) is 11.7 Å². The summed E-state index contributed by atoms with van der Waals surface area (Å²) in [6.07, 6.45) is 2.17. The Morgan fingerprint density at radius 2 is 1.67 bits per heavy atom. The van der Waals surface area contributed by atoms with Gasteiger partial charge in [0.25, 0.3) is 0 Å². The number of fused-ring (bicyclic) bond motifs is 1. The molecule has 5 heteroatoms. The lowest BCUT2D eigenvalue weighted by atomic mass is 10.1. The summed E-state index contributed by atoms with van der Waals surface area (Å²) in [6.45, 7) is 0. The Morgan fingerprint density at radius 3 is 2.48 bits per heavy atom. The number of carbonyl (C=O) groups is 1. The zero-order valence-electron chi connectivity index (χ0n) is 14.5. The molecule has 0 saturated heterocycles. The van der Waals surface area contributed by atoms with Gasteiger partial charge in [-0.1, -0.05) is 24.3 Å². The maximum atomic E-state index is 13.2. The van der Waals surface area contributed by atoms with Gasteiger partial charge in [0.1, 0.15) is 5.82 Å². The molecule has 4 aromatic rings. The first-order valence-corrected chi connectivity index (χ1v) is 8.65. The van der Waals surface area contributed by atoms with E-state index in [0.717, 1.165) is 22.2 Å². The second kappa shape index (κ2) is 7.33. The summed E-state index contributed by atoms with van der Waals surface area (Å²) in [5.74, 6) is -0.369. The molecule has 1 amide bonds. The molecule has 3 aromatic carbocycles. The molecule has 134 valence electrons. The highest BCUT2D eigenvalue weighted by Gasteiger charge is 2.09. The van der Waals surface area contributed by atoms with Gasteiger partial charge in [0.15, 0.2) is 0 Å². The lowest BCUT2D eigenvalue weighted by Crippen LogP contribution is -2.14. The molecule has 3 N–H and O–H groups in total. The van der Waals surface area contributed by atoms with Crippen LogP contribution in [0.2, 0.25) is 0 Å². The zero-order chi connectivity index (χ0) is 18.6. The van der Waals surface area contributed by atoms with Gasteiger partial charge in [-0.3, -0.25) is 4.79 Å². The Bertz CT molecular complexity index is 1090. The van der Waals surface area contributed by atoms with E-state index >= 15 is 0 Å². The van der Waals surface area contributed by atoms with Crippen molar-refractivity contribution in [2.75, 3.05) is 10.6 Å². The first-order valence-electron chi connectivity index (χ1n) is 8.65. The first kappa shape index (κ1) is 16.8. The van der Waals surface area contributed by atoms with Crippen LogP contribution in [0.5, 0.6) is 0 Å². The van der Waals surface area contributed by atoms with Crippen LogP contribution in [0.4, 0.5) is 21.5 Å². The van der Waals surface area contributed by atoms with E-state index in [2.05, 4.69) is 15.6 Å². The highest BCUT2D eigenvalue weighted by atomic mass is 19.1. The van der Waals surface area contributed by atoms with Gasteiger partial charge in [0.2, 0.25) is 5.91 Å². The molecule has 0 aliphatic carbocycles. The van der Waals surface area contributed by atoms with Crippen molar-refractivity contribution in [3.63, 3.8) is 0 Å². The molecular formula is C22H18FN3O. The first-order chi connectivity index (χ1) is 13.2. The number of aromatic nitrogens is 1. The van der Waals surface area contributed by atoms with Gasteiger partial charge in [-0.25, -0.2) is 4.39 Å². The van der Waals surface area contributed by atoms with Crippen molar-refractivity contribution in [2.45, 2.75) is 6.42 Å². The van der Waals surface area contributed by atoms with Gasteiger partial charge in [0, 0.05) is 34.2 Å². The fourth-order valence-corrected chi connectivity index (χ4v) is 3.03. The Balaban J connectivity index is 1.40. The topological polar surface area (TPSA) is 56.9 Å². The predicted molar refractivity (Wildman–Crippen MR) is 107 cm³/mol. The molecule has 0 aliphatic heterocycles. The van der Waals surface area contributed by atoms with Gasteiger partial charge in [-0.2, -0.15) is 0 Å². The molecule has 1 aromatic heterocycles. The smallest absolute Gasteiger partial charge is 0.228 e. The lowest BCUT2D eigenvalue weighted by Gasteiger charge is -2.09. The molecule has 0 bridgehead atoms. The van der Waals surface area contributed by atoms with Crippen LogP contribution in [0, 0.1) is 5.82 Å². The van der Waals surface area contributed by atoms with Crippen LogP contribution in [0.15, 0.2) is 79.0 Å². The average molecular weight is 359 g/mol. The van der Waals surface area contributed by atoms with E-state index < -0.39 is 0 Å². The van der Waals surface area contributed by atoms with E-state index in [1.807, 2.05) is 54.7 Å². The van der Waals surface area contributed by atoms with Crippen molar-refractivity contribution in [1.29, 1.82) is 0 Å². The second-order valence-corrected chi connectivity index (χ2v) is 6.30. The molecule has 0 fully saturated rings. The summed E-state index contributed by atoms with van der Waals surface area (Å²) >= 11 is 0. The fraction of sp³-hybridized carbons (Fsp3) is 0.0455. The second-order valence-electron chi connectivity index (χ2n) is 6.30. The predicted octanol–water partition coefficient (Wildman–Crippen LogP) is 5.23. The SMILES string of the molecule is O=C(Cc1c[nH]c2ccccc12)Nc1ccc(Nc2cccc(F)c2)cc1. The molecule has 0 atom stereocenters. The Labute approximate surface area is 156 Å². The minimum atomic E-state index is -0.291. The maximum absolute atomic E-state index is 13.2. The number of rotatable bonds is 5. The highest BCUT2D eigenvalue weighted by Crippen LogP contribution is 2.21. The molecule has 0 saturated carbocycles. The lowest BCUT2D eigenvalue weighted by molar-refractivity contribution is -0.115. The van der Waals surface area contributed by atoms with E-state index in [9.17, 15) is 9.18 Å². The molecule has 0 spiro atoms. The number of H-pyrrole nitrogens is 1. The average Bonchev–Trinajstić information content (AvgIpc) is 3.06. The molecule has 0 unspecified atom stereocenters. The van der Waals surface area contributed by atoms with Crippen molar-refractivity contribution >= 4 is 33.9 Å². The standard InChI is InChI=1S/C22H18FN3O/c23-16-4-3-5-19(13-16)25-17-8-10-18(11-9-17)26-22(27)12-15-14-24-21-7-2-1-6-20(15)21/h1-11,13-14,24-25H,12H2,(H,26,27). The van der Waals surface area contributed by atoms with Gasteiger partial charge in [-0.15, -0.1) is 0 Å². The van der Waals surface area contributed by atoms with E-state index in [1.165, 1.54) is 12.1 Å². The summed E-state index contributed by atoms with van der Waals surface area (Å²) in [6, 6.07) is 21.5. The molecule has 0 radical (unpaired) electrons. The quantitative estimate of drug-likeness (QED) is 0.457. The number of halogens is 1. The summed E-state index contributed by atoms with van der Waals surface area (Å²) in [7, 11) is 0. The van der Waals surface area contributed by atoms with E-state index in [4.69, 9.17) is 0 Å². The van der Waals surface area contributed by atoms with Crippen molar-refractivity contribution < 1.29 is 9.18 Å². The molecule has 1 heterocycles. The van der Waals surface area contributed by atoms with Gasteiger partial charge >= 0.3 is 0 Å². The van der Waals surface area contributed by atoms with Crippen LogP contribution in [-0.2, 0) is 11.2 Å². The van der Waals surface area contributed by atoms with Crippen LogP contribution < -0.4 is 10.6 Å². The number of benzene rings is 3. The van der Waals surface area contributed by atoms with Crippen molar-refractivity contribution in [2.24, 2.45) is 0 Å². The number of nitrogens with one attached hydrogen (secondary N) is 3.